The smallest absolute Gasteiger partial charge is 0.200 e. The zero-order valence-corrected chi connectivity index (χ0v) is 10.0. The van der Waals surface area contributed by atoms with Crippen molar-refractivity contribution in [2.75, 3.05) is 6.61 Å². The molecule has 0 aliphatic rings. The van der Waals surface area contributed by atoms with Gasteiger partial charge in [0.1, 0.15) is 11.6 Å². The Morgan fingerprint density at radius 1 is 1.11 bits per heavy atom. The van der Waals surface area contributed by atoms with Crippen LogP contribution in [0.1, 0.15) is 15.9 Å². The molecule has 92 valence electrons. The van der Waals surface area contributed by atoms with Gasteiger partial charge in [-0.15, -0.1) is 0 Å². The van der Waals surface area contributed by atoms with Gasteiger partial charge in [-0.2, -0.15) is 0 Å². The lowest BCUT2D eigenvalue weighted by Gasteiger charge is -2.07. The summed E-state index contributed by atoms with van der Waals surface area (Å²) < 4.78 is 18.2. The van der Waals surface area contributed by atoms with Gasteiger partial charge in [-0.1, -0.05) is 18.2 Å². The molecule has 2 aromatic rings. The molecule has 0 amide bonds. The number of hydrogen-bond acceptors (Lipinski definition) is 2. The van der Waals surface area contributed by atoms with Gasteiger partial charge in [0, 0.05) is 5.56 Å². The molecule has 0 saturated carbocycles. The molecule has 2 aromatic carbocycles. The van der Waals surface area contributed by atoms with Gasteiger partial charge in [0.2, 0.25) is 0 Å². The van der Waals surface area contributed by atoms with E-state index in [9.17, 15) is 9.18 Å². The molecule has 0 atom stereocenters. The van der Waals surface area contributed by atoms with Crippen LogP contribution < -0.4 is 4.74 Å². The van der Waals surface area contributed by atoms with E-state index < -0.39 is 0 Å². The van der Waals surface area contributed by atoms with Crippen molar-refractivity contribution >= 4 is 5.78 Å². The van der Waals surface area contributed by atoms with Crippen molar-refractivity contribution in [2.45, 2.75) is 6.92 Å². The summed E-state index contributed by atoms with van der Waals surface area (Å²) in [6.07, 6.45) is 0. The van der Waals surface area contributed by atoms with Gasteiger partial charge in [-0.3, -0.25) is 4.79 Å². The van der Waals surface area contributed by atoms with Gasteiger partial charge in [0.25, 0.3) is 0 Å². The first-order valence-corrected chi connectivity index (χ1v) is 5.64. The van der Waals surface area contributed by atoms with Crippen LogP contribution in [0.2, 0.25) is 0 Å². The molecule has 2 rings (SSSR count). The second kappa shape index (κ2) is 5.45. The normalized spacial score (nSPS) is 10.1. The van der Waals surface area contributed by atoms with Crippen molar-refractivity contribution in [3.63, 3.8) is 0 Å². The van der Waals surface area contributed by atoms with Crippen LogP contribution in [0.25, 0.3) is 0 Å². The van der Waals surface area contributed by atoms with Crippen LogP contribution in [0.15, 0.2) is 48.5 Å². The van der Waals surface area contributed by atoms with Crippen LogP contribution in [0.5, 0.6) is 5.75 Å². The van der Waals surface area contributed by atoms with Crippen LogP contribution in [-0.4, -0.2) is 12.4 Å². The highest BCUT2D eigenvalue weighted by molar-refractivity contribution is 5.97. The second-order valence-electron chi connectivity index (χ2n) is 3.98. The minimum absolute atomic E-state index is 0.0452. The van der Waals surface area contributed by atoms with Crippen molar-refractivity contribution in [2.24, 2.45) is 0 Å². The number of benzene rings is 2. The average Bonchev–Trinajstić information content (AvgIpc) is 2.38. The number of hydrogen-bond donors (Lipinski definition) is 0. The minimum atomic E-state index is -0.355. The maximum atomic E-state index is 12.7. The van der Waals surface area contributed by atoms with Crippen LogP contribution in [0, 0.1) is 12.7 Å². The monoisotopic (exact) mass is 244 g/mol. The number of ether oxygens (including phenoxy) is 1. The Hall–Kier alpha value is -2.16. The Morgan fingerprint density at radius 2 is 1.78 bits per heavy atom. The lowest BCUT2D eigenvalue weighted by Crippen LogP contribution is -2.12. The largest absolute Gasteiger partial charge is 0.485 e. The van der Waals surface area contributed by atoms with Crippen LogP contribution >= 0.6 is 0 Å². The molecule has 0 saturated heterocycles. The number of para-hydroxylation sites is 1. The summed E-state index contributed by atoms with van der Waals surface area (Å²) in [4.78, 5) is 11.8. The van der Waals surface area contributed by atoms with Gasteiger partial charge < -0.3 is 4.74 Å². The second-order valence-corrected chi connectivity index (χ2v) is 3.98. The summed E-state index contributed by atoms with van der Waals surface area (Å²) in [7, 11) is 0. The molecule has 0 N–H and O–H groups in total. The molecular weight excluding hydrogens is 231 g/mol. The maximum absolute atomic E-state index is 12.7. The quantitative estimate of drug-likeness (QED) is 0.770. The fourth-order valence-electron chi connectivity index (χ4n) is 1.58. The number of carbonyl (C=O) groups excluding carboxylic acids is 1. The number of ketones is 1. The SMILES string of the molecule is Cc1ccccc1OCC(=O)c1ccc(F)cc1. The summed E-state index contributed by atoms with van der Waals surface area (Å²) in [5, 5.41) is 0. The van der Waals surface area contributed by atoms with Crippen LogP contribution in [-0.2, 0) is 0 Å². The van der Waals surface area contributed by atoms with E-state index in [0.29, 0.717) is 11.3 Å². The lowest BCUT2D eigenvalue weighted by atomic mass is 10.1. The van der Waals surface area contributed by atoms with E-state index in [4.69, 9.17) is 4.74 Å². The Balaban J connectivity index is 2.01. The van der Waals surface area contributed by atoms with E-state index in [1.807, 2.05) is 31.2 Å². The molecule has 0 aromatic heterocycles. The van der Waals surface area contributed by atoms with E-state index in [1.54, 1.807) is 0 Å². The molecule has 0 aliphatic heterocycles. The number of rotatable bonds is 4. The molecule has 0 aliphatic carbocycles. The van der Waals surface area contributed by atoms with Crippen molar-refractivity contribution in [3.05, 3.63) is 65.5 Å². The highest BCUT2D eigenvalue weighted by Gasteiger charge is 2.07. The highest BCUT2D eigenvalue weighted by atomic mass is 19.1. The zero-order valence-electron chi connectivity index (χ0n) is 10.0. The van der Waals surface area contributed by atoms with Gasteiger partial charge in [0.05, 0.1) is 0 Å². The van der Waals surface area contributed by atoms with E-state index in [0.717, 1.165) is 5.56 Å². The van der Waals surface area contributed by atoms with Crippen molar-refractivity contribution in [3.8, 4) is 5.75 Å². The van der Waals surface area contributed by atoms with Crippen LogP contribution in [0.3, 0.4) is 0 Å². The summed E-state index contributed by atoms with van der Waals surface area (Å²) in [6.45, 7) is 1.87. The summed E-state index contributed by atoms with van der Waals surface area (Å²) in [6, 6.07) is 12.9. The number of aryl methyl sites for hydroxylation is 1. The molecule has 3 heteroatoms. The van der Waals surface area contributed by atoms with Crippen molar-refractivity contribution in [1.29, 1.82) is 0 Å². The predicted octanol–water partition coefficient (Wildman–Crippen LogP) is 3.40. The van der Waals surface area contributed by atoms with Gasteiger partial charge in [-0.25, -0.2) is 4.39 Å². The highest BCUT2D eigenvalue weighted by Crippen LogP contribution is 2.16. The van der Waals surface area contributed by atoms with Gasteiger partial charge >= 0.3 is 0 Å². The van der Waals surface area contributed by atoms with E-state index >= 15 is 0 Å². The molecular formula is C15H13FO2. The molecule has 0 heterocycles. The Kier molecular flexibility index (Phi) is 3.72. The zero-order chi connectivity index (χ0) is 13.0. The third-order valence-electron chi connectivity index (χ3n) is 2.62. The fourth-order valence-corrected chi connectivity index (χ4v) is 1.58. The minimum Gasteiger partial charge on any atom is -0.485 e. The number of carbonyl (C=O) groups is 1. The molecule has 0 fully saturated rings. The predicted molar refractivity (Wildman–Crippen MR) is 67.4 cm³/mol. The van der Waals surface area contributed by atoms with Gasteiger partial charge in [0.15, 0.2) is 12.4 Å². The van der Waals surface area contributed by atoms with Crippen LogP contribution in [0.4, 0.5) is 4.39 Å². The van der Waals surface area contributed by atoms with Crippen molar-refractivity contribution < 1.29 is 13.9 Å². The topological polar surface area (TPSA) is 26.3 Å². The average molecular weight is 244 g/mol. The number of Topliss-reactive ketones (excluding diaryl/α,β-unsaturated/α-hetero) is 1. The fraction of sp³-hybridized carbons (Fsp3) is 0.133. The van der Waals surface area contributed by atoms with E-state index in [1.165, 1.54) is 24.3 Å². The van der Waals surface area contributed by atoms with Gasteiger partial charge in [-0.05, 0) is 42.8 Å². The molecule has 2 nitrogen and oxygen atoms in total. The Labute approximate surface area is 105 Å². The summed E-state index contributed by atoms with van der Waals surface area (Å²) in [5.74, 6) is 0.164. The van der Waals surface area contributed by atoms with E-state index in [-0.39, 0.29) is 18.2 Å². The summed E-state index contributed by atoms with van der Waals surface area (Å²) in [5.41, 5.74) is 1.43. The first-order valence-electron chi connectivity index (χ1n) is 5.64. The lowest BCUT2D eigenvalue weighted by molar-refractivity contribution is 0.0921. The molecule has 0 radical (unpaired) electrons. The first-order chi connectivity index (χ1) is 8.66. The maximum Gasteiger partial charge on any atom is 0.200 e. The van der Waals surface area contributed by atoms with E-state index in [2.05, 4.69) is 0 Å². The summed E-state index contributed by atoms with van der Waals surface area (Å²) >= 11 is 0. The Bertz CT molecular complexity index is 547. The molecule has 0 bridgehead atoms. The Morgan fingerprint density at radius 3 is 2.44 bits per heavy atom. The van der Waals surface area contributed by atoms with Crippen molar-refractivity contribution in [1.82, 2.24) is 0 Å². The molecule has 18 heavy (non-hydrogen) atoms. The first kappa shape index (κ1) is 12.3. The molecule has 0 unspecified atom stereocenters. The molecule has 0 spiro atoms. The third-order valence-corrected chi connectivity index (χ3v) is 2.62. The number of halogens is 1. The third kappa shape index (κ3) is 2.94. The standard InChI is InChI=1S/C15H13FO2/c1-11-4-2-3-5-15(11)18-10-14(17)12-6-8-13(16)9-7-12/h2-9H,10H2,1H3.